The minimum atomic E-state index is 0.0313. The van der Waals surface area contributed by atoms with Crippen molar-refractivity contribution in [2.45, 2.75) is 70.9 Å². The van der Waals surface area contributed by atoms with E-state index in [4.69, 9.17) is 4.74 Å². The molecular weight excluding hydrogens is 238 g/mol. The van der Waals surface area contributed by atoms with Crippen molar-refractivity contribution in [3.05, 3.63) is 0 Å². The van der Waals surface area contributed by atoms with Crippen molar-refractivity contribution in [3.63, 3.8) is 0 Å². The van der Waals surface area contributed by atoms with Crippen LogP contribution in [0.2, 0.25) is 0 Å². The van der Waals surface area contributed by atoms with Crippen LogP contribution >= 0.6 is 0 Å². The van der Waals surface area contributed by atoms with Gasteiger partial charge in [-0.15, -0.1) is 0 Å². The van der Waals surface area contributed by atoms with Crippen LogP contribution in [-0.2, 0) is 9.53 Å². The maximum Gasteiger partial charge on any atom is 0.323 e. The van der Waals surface area contributed by atoms with E-state index in [0.717, 1.165) is 18.9 Å². The van der Waals surface area contributed by atoms with Gasteiger partial charge in [0.2, 0.25) is 0 Å². The van der Waals surface area contributed by atoms with Crippen LogP contribution in [0.15, 0.2) is 0 Å². The second-order valence-corrected chi connectivity index (χ2v) is 6.66. The van der Waals surface area contributed by atoms with Crippen molar-refractivity contribution in [2.24, 2.45) is 11.3 Å². The van der Waals surface area contributed by atoms with Crippen molar-refractivity contribution >= 4 is 5.97 Å². The molecule has 3 fully saturated rings. The molecule has 0 aromatic heterocycles. The van der Waals surface area contributed by atoms with Crippen molar-refractivity contribution in [1.29, 1.82) is 0 Å². The molecule has 0 amide bonds. The monoisotopic (exact) mass is 265 g/mol. The number of carbonyl (C=O) groups excluding carboxylic acids is 1. The lowest BCUT2D eigenvalue weighted by atomic mass is 9.61. The molecule has 2 aliphatic heterocycles. The van der Waals surface area contributed by atoms with E-state index in [9.17, 15) is 4.79 Å². The van der Waals surface area contributed by atoms with Crippen LogP contribution in [0.4, 0.5) is 0 Å². The van der Waals surface area contributed by atoms with Crippen LogP contribution in [0.5, 0.6) is 0 Å². The Morgan fingerprint density at radius 2 is 2.11 bits per heavy atom. The Balaban J connectivity index is 1.86. The minimum absolute atomic E-state index is 0.0313. The molecule has 0 N–H and O–H groups in total. The zero-order chi connectivity index (χ0) is 13.5. The molecule has 2 heterocycles. The normalized spacial score (nSPS) is 41.9. The Kier molecular flexibility index (Phi) is 3.59. The van der Waals surface area contributed by atoms with E-state index in [1.807, 2.05) is 6.92 Å². The van der Waals surface area contributed by atoms with Crippen LogP contribution < -0.4 is 0 Å². The van der Waals surface area contributed by atoms with Gasteiger partial charge >= 0.3 is 5.97 Å². The van der Waals surface area contributed by atoms with Crippen LogP contribution in [0, 0.1) is 11.3 Å². The number of esters is 1. The van der Waals surface area contributed by atoms with Crippen molar-refractivity contribution < 1.29 is 9.53 Å². The van der Waals surface area contributed by atoms with E-state index < -0.39 is 0 Å². The lowest BCUT2D eigenvalue weighted by Crippen LogP contribution is -2.55. The highest BCUT2D eigenvalue weighted by Crippen LogP contribution is 2.55. The maximum absolute atomic E-state index is 12.2. The predicted molar refractivity (Wildman–Crippen MR) is 74.8 cm³/mol. The van der Waals surface area contributed by atoms with Gasteiger partial charge in [-0.3, -0.25) is 9.69 Å². The molecule has 0 bridgehead atoms. The third kappa shape index (κ3) is 2.01. The Labute approximate surface area is 116 Å². The van der Waals surface area contributed by atoms with Crippen molar-refractivity contribution in [3.8, 4) is 0 Å². The number of ether oxygens (including phenoxy) is 1. The number of carbonyl (C=O) groups is 1. The van der Waals surface area contributed by atoms with Crippen LogP contribution in [0.1, 0.15) is 58.8 Å². The summed E-state index contributed by atoms with van der Waals surface area (Å²) in [4.78, 5) is 14.7. The lowest BCUT2D eigenvalue weighted by Gasteiger charge is -2.52. The highest BCUT2D eigenvalue weighted by Gasteiger charge is 2.56. The summed E-state index contributed by atoms with van der Waals surface area (Å²) in [6.07, 6.45) is 9.00. The fraction of sp³-hybridized carbons (Fsp3) is 0.938. The van der Waals surface area contributed by atoms with Gasteiger partial charge in [-0.1, -0.05) is 13.3 Å². The first-order chi connectivity index (χ1) is 9.22. The van der Waals surface area contributed by atoms with Crippen LogP contribution in [-0.4, -0.2) is 36.1 Å². The molecular formula is C16H27NO2. The Morgan fingerprint density at radius 1 is 1.32 bits per heavy atom. The highest BCUT2D eigenvalue weighted by atomic mass is 16.5. The van der Waals surface area contributed by atoms with Gasteiger partial charge in [-0.2, -0.15) is 0 Å². The van der Waals surface area contributed by atoms with Crippen molar-refractivity contribution in [1.82, 2.24) is 4.90 Å². The first-order valence-electron chi connectivity index (χ1n) is 8.14. The summed E-state index contributed by atoms with van der Waals surface area (Å²) in [5.41, 5.74) is 0.502. The SMILES string of the molecule is CCOC(=O)[C@@H]1C[C@@H]2CCC[C@@]3(CC)CCCN1[C@@H]23. The number of hydrogen-bond acceptors (Lipinski definition) is 3. The smallest absolute Gasteiger partial charge is 0.323 e. The number of hydrogen-bond donors (Lipinski definition) is 0. The summed E-state index contributed by atoms with van der Waals surface area (Å²) in [6, 6.07) is 0.716. The Morgan fingerprint density at radius 3 is 2.84 bits per heavy atom. The van der Waals surface area contributed by atoms with Gasteiger partial charge in [0.25, 0.3) is 0 Å². The largest absolute Gasteiger partial charge is 0.465 e. The fourth-order valence-electron chi connectivity index (χ4n) is 5.22. The quantitative estimate of drug-likeness (QED) is 0.735. The minimum Gasteiger partial charge on any atom is -0.465 e. The second kappa shape index (κ2) is 5.08. The second-order valence-electron chi connectivity index (χ2n) is 6.66. The van der Waals surface area contributed by atoms with Gasteiger partial charge in [0.15, 0.2) is 0 Å². The molecule has 0 radical (unpaired) electrons. The molecule has 3 nitrogen and oxygen atoms in total. The standard InChI is InChI=1S/C16H27NO2/c1-3-16-8-5-7-12-11-13(15(18)19-4-2)17(14(12)16)10-6-9-16/h12-14H,3-11H2,1-2H3/t12-,13-,14-,16-/m0/s1. The average Bonchev–Trinajstić information content (AvgIpc) is 2.81. The molecule has 3 aliphatic rings. The molecule has 1 aliphatic carbocycles. The third-order valence-corrected chi connectivity index (χ3v) is 5.96. The number of nitrogens with zero attached hydrogens (tertiary/aromatic N) is 1. The fourth-order valence-corrected chi connectivity index (χ4v) is 5.22. The van der Waals surface area contributed by atoms with Gasteiger partial charge in [-0.25, -0.2) is 0 Å². The van der Waals surface area contributed by atoms with E-state index in [-0.39, 0.29) is 12.0 Å². The molecule has 4 atom stereocenters. The molecule has 108 valence electrons. The summed E-state index contributed by atoms with van der Waals surface area (Å²) in [7, 11) is 0. The highest BCUT2D eigenvalue weighted by molar-refractivity contribution is 5.76. The first kappa shape index (κ1) is 13.4. The Bertz CT molecular complexity index is 353. The van der Waals surface area contributed by atoms with E-state index in [0.29, 0.717) is 18.1 Å². The number of piperidine rings is 1. The summed E-state index contributed by atoms with van der Waals surface area (Å²) in [6.45, 7) is 5.87. The van der Waals surface area contributed by atoms with Gasteiger partial charge in [-0.05, 0) is 63.3 Å². The zero-order valence-electron chi connectivity index (χ0n) is 12.4. The third-order valence-electron chi connectivity index (χ3n) is 5.96. The molecule has 3 heteroatoms. The van der Waals surface area contributed by atoms with E-state index >= 15 is 0 Å². The van der Waals surface area contributed by atoms with Gasteiger partial charge < -0.3 is 4.74 Å². The summed E-state index contributed by atoms with van der Waals surface area (Å²) in [5.74, 6) is 0.771. The predicted octanol–water partition coefficient (Wildman–Crippen LogP) is 2.98. The molecule has 0 unspecified atom stereocenters. The molecule has 0 spiro atoms. The Hall–Kier alpha value is -0.570. The summed E-state index contributed by atoms with van der Waals surface area (Å²) >= 11 is 0. The zero-order valence-corrected chi connectivity index (χ0v) is 12.4. The van der Waals surface area contributed by atoms with Crippen molar-refractivity contribution in [2.75, 3.05) is 13.2 Å². The van der Waals surface area contributed by atoms with E-state index in [2.05, 4.69) is 11.8 Å². The molecule has 0 aromatic rings. The lowest BCUT2D eigenvalue weighted by molar-refractivity contribution is -0.150. The summed E-state index contributed by atoms with van der Waals surface area (Å²) in [5, 5.41) is 0. The van der Waals surface area contributed by atoms with Gasteiger partial charge in [0, 0.05) is 6.04 Å². The first-order valence-corrected chi connectivity index (χ1v) is 8.14. The molecule has 2 saturated heterocycles. The average molecular weight is 265 g/mol. The van der Waals surface area contributed by atoms with Gasteiger partial charge in [0.1, 0.15) is 6.04 Å². The van der Waals surface area contributed by atoms with Crippen LogP contribution in [0.3, 0.4) is 0 Å². The van der Waals surface area contributed by atoms with Crippen LogP contribution in [0.25, 0.3) is 0 Å². The topological polar surface area (TPSA) is 29.5 Å². The maximum atomic E-state index is 12.2. The van der Waals surface area contributed by atoms with Gasteiger partial charge in [0.05, 0.1) is 6.61 Å². The molecule has 0 aromatic carbocycles. The number of rotatable bonds is 3. The molecule has 19 heavy (non-hydrogen) atoms. The molecule has 3 rings (SSSR count). The van der Waals surface area contributed by atoms with E-state index in [1.54, 1.807) is 0 Å². The summed E-state index contributed by atoms with van der Waals surface area (Å²) < 4.78 is 5.31. The van der Waals surface area contributed by atoms with E-state index in [1.165, 1.54) is 38.5 Å². The molecule has 1 saturated carbocycles.